The molecule has 1 saturated heterocycles. The molecule has 1 fully saturated rings. The molecule has 1 aliphatic heterocycles. The molecule has 0 atom stereocenters. The fraction of sp³-hybridized carbons (Fsp3) is 0.207. The van der Waals surface area contributed by atoms with Gasteiger partial charge in [-0.05, 0) is 42.8 Å². The number of Topliss-reactive ketones (excluding diaryl/α,β-unsaturated/α-hetero) is 1. The molecular weight excluding hydrogens is 532 g/mol. The molecule has 200 valence electrons. The van der Waals surface area contributed by atoms with Crippen LogP contribution in [0.1, 0.15) is 28.6 Å². The highest BCUT2D eigenvalue weighted by molar-refractivity contribution is 7.17. The number of ketones is 1. The lowest BCUT2D eigenvalue weighted by Gasteiger charge is -2.15. The van der Waals surface area contributed by atoms with Crippen LogP contribution in [0.25, 0.3) is 55.2 Å². The topological polar surface area (TPSA) is 103 Å². The van der Waals surface area contributed by atoms with Gasteiger partial charge in [0.15, 0.2) is 11.6 Å². The van der Waals surface area contributed by atoms with Crippen molar-refractivity contribution in [1.29, 1.82) is 0 Å². The largest absolute Gasteiger partial charge is 0.337 e. The van der Waals surface area contributed by atoms with E-state index in [1.54, 1.807) is 30.4 Å². The van der Waals surface area contributed by atoms with E-state index in [1.165, 1.54) is 11.3 Å². The number of carbonyl (C=O) groups excluding carboxylic acids is 1. The molecule has 6 aromatic rings. The minimum absolute atomic E-state index is 0.0388. The SMILES string of the molecule is CC(=O)c1ccc(-c2cccc3[nH]c(-c4n[nH]c5cnc(-c6cncc(CN7CCC(F)(F)C7)c6)cc45)nc23)s1. The molecule has 0 unspecified atom stereocenters. The van der Waals surface area contributed by atoms with Crippen molar-refractivity contribution in [3.63, 3.8) is 0 Å². The standard InChI is InChI=1S/C29H23F2N7OS/c1-16(39)24-5-6-25(40-24)19-3-2-4-21-26(19)35-28(34-21)27-20-10-22(33-13-23(20)36-37-27)18-9-17(11-32-12-18)14-38-8-7-29(30,31)15-38/h2-6,9-13H,7-8,14-15H2,1H3,(H,34,35)(H,36,37). The van der Waals surface area contributed by atoms with Crippen LogP contribution in [0, 0.1) is 0 Å². The number of pyridine rings is 2. The summed E-state index contributed by atoms with van der Waals surface area (Å²) in [6, 6.07) is 13.6. The molecule has 1 aliphatic rings. The van der Waals surface area contributed by atoms with Gasteiger partial charge in [0.2, 0.25) is 0 Å². The highest BCUT2D eigenvalue weighted by atomic mass is 32.1. The predicted molar refractivity (Wildman–Crippen MR) is 150 cm³/mol. The number of H-pyrrole nitrogens is 2. The summed E-state index contributed by atoms with van der Waals surface area (Å²) in [4.78, 5) is 32.5. The fourth-order valence-corrected chi connectivity index (χ4v) is 6.11. The van der Waals surface area contributed by atoms with Gasteiger partial charge in [-0.1, -0.05) is 12.1 Å². The van der Waals surface area contributed by atoms with Crippen LogP contribution in [-0.2, 0) is 6.54 Å². The minimum atomic E-state index is -2.63. The summed E-state index contributed by atoms with van der Waals surface area (Å²) in [5.41, 5.74) is 6.36. The van der Waals surface area contributed by atoms with Crippen LogP contribution in [0.3, 0.4) is 0 Å². The summed E-state index contributed by atoms with van der Waals surface area (Å²) in [5.74, 6) is -1.98. The molecule has 0 amide bonds. The molecule has 0 spiro atoms. The molecule has 7 rings (SSSR count). The molecule has 0 radical (unpaired) electrons. The number of nitrogens with one attached hydrogen (secondary N) is 2. The van der Waals surface area contributed by atoms with E-state index in [1.807, 2.05) is 42.5 Å². The summed E-state index contributed by atoms with van der Waals surface area (Å²) < 4.78 is 27.3. The Labute approximate surface area is 231 Å². The molecule has 5 aromatic heterocycles. The number of halogens is 2. The number of hydrogen-bond donors (Lipinski definition) is 2. The van der Waals surface area contributed by atoms with Crippen molar-refractivity contribution < 1.29 is 13.6 Å². The number of imidazole rings is 1. The first-order valence-electron chi connectivity index (χ1n) is 12.8. The van der Waals surface area contributed by atoms with Gasteiger partial charge in [0, 0.05) is 53.3 Å². The van der Waals surface area contributed by atoms with E-state index in [0.717, 1.165) is 43.5 Å². The first-order chi connectivity index (χ1) is 19.3. The molecule has 1 aromatic carbocycles. The molecule has 11 heteroatoms. The summed E-state index contributed by atoms with van der Waals surface area (Å²) >= 11 is 1.45. The Morgan fingerprint density at radius 1 is 1.12 bits per heavy atom. The van der Waals surface area contributed by atoms with Crippen molar-refractivity contribution in [3.05, 3.63) is 71.5 Å². The normalized spacial score (nSPS) is 15.4. The zero-order chi connectivity index (χ0) is 27.4. The number of hydrogen-bond acceptors (Lipinski definition) is 7. The Morgan fingerprint density at radius 2 is 2.02 bits per heavy atom. The quantitative estimate of drug-likeness (QED) is 0.233. The average molecular weight is 556 g/mol. The molecule has 6 heterocycles. The minimum Gasteiger partial charge on any atom is -0.337 e. The lowest BCUT2D eigenvalue weighted by molar-refractivity contribution is 0.0115. The Morgan fingerprint density at radius 3 is 2.83 bits per heavy atom. The van der Waals surface area contributed by atoms with E-state index in [-0.39, 0.29) is 18.7 Å². The maximum atomic E-state index is 13.6. The second kappa shape index (κ2) is 9.39. The number of alkyl halides is 2. The van der Waals surface area contributed by atoms with Gasteiger partial charge in [-0.15, -0.1) is 11.3 Å². The number of para-hydroxylation sites is 1. The Balaban J connectivity index is 1.24. The lowest BCUT2D eigenvalue weighted by atomic mass is 10.1. The molecule has 0 saturated carbocycles. The third-order valence-electron chi connectivity index (χ3n) is 7.15. The number of aromatic amines is 2. The molecule has 0 aliphatic carbocycles. The van der Waals surface area contributed by atoms with Crippen LogP contribution < -0.4 is 0 Å². The smallest absolute Gasteiger partial charge is 0.261 e. The molecular formula is C29H23F2N7OS. The van der Waals surface area contributed by atoms with Gasteiger partial charge in [-0.25, -0.2) is 13.8 Å². The zero-order valence-electron chi connectivity index (χ0n) is 21.4. The number of benzene rings is 1. The van der Waals surface area contributed by atoms with Crippen LogP contribution in [0.15, 0.2) is 61.1 Å². The third kappa shape index (κ3) is 4.46. The van der Waals surface area contributed by atoms with Gasteiger partial charge in [0.1, 0.15) is 5.69 Å². The maximum Gasteiger partial charge on any atom is 0.261 e. The Hall–Kier alpha value is -4.35. The Kier molecular flexibility index (Phi) is 5.79. The monoisotopic (exact) mass is 555 g/mol. The number of nitrogens with zero attached hydrogens (tertiary/aromatic N) is 5. The van der Waals surface area contributed by atoms with Gasteiger partial charge in [-0.2, -0.15) is 5.10 Å². The number of rotatable bonds is 6. The lowest BCUT2D eigenvalue weighted by Crippen LogP contribution is -2.24. The fourth-order valence-electron chi connectivity index (χ4n) is 5.18. The zero-order valence-corrected chi connectivity index (χ0v) is 22.2. The summed E-state index contributed by atoms with van der Waals surface area (Å²) in [6.45, 7) is 2.11. The second-order valence-corrected chi connectivity index (χ2v) is 11.2. The summed E-state index contributed by atoms with van der Waals surface area (Å²) in [7, 11) is 0. The van der Waals surface area contributed by atoms with Gasteiger partial charge >= 0.3 is 0 Å². The van der Waals surface area contributed by atoms with Crippen molar-refractivity contribution >= 4 is 39.1 Å². The summed E-state index contributed by atoms with van der Waals surface area (Å²) in [6.07, 6.45) is 5.04. The van der Waals surface area contributed by atoms with Crippen molar-refractivity contribution in [2.75, 3.05) is 13.1 Å². The van der Waals surface area contributed by atoms with Crippen molar-refractivity contribution in [2.24, 2.45) is 0 Å². The molecule has 8 nitrogen and oxygen atoms in total. The van der Waals surface area contributed by atoms with E-state index >= 15 is 0 Å². The van der Waals surface area contributed by atoms with Gasteiger partial charge < -0.3 is 4.98 Å². The number of carbonyl (C=O) groups is 1. The first kappa shape index (κ1) is 24.7. The summed E-state index contributed by atoms with van der Waals surface area (Å²) in [5, 5.41) is 8.41. The van der Waals surface area contributed by atoms with Gasteiger partial charge in [-0.3, -0.25) is 24.8 Å². The van der Waals surface area contributed by atoms with E-state index in [2.05, 4.69) is 25.1 Å². The van der Waals surface area contributed by atoms with E-state index in [0.29, 0.717) is 35.2 Å². The Bertz CT molecular complexity index is 1910. The van der Waals surface area contributed by atoms with Crippen molar-refractivity contribution in [2.45, 2.75) is 25.8 Å². The van der Waals surface area contributed by atoms with Crippen LogP contribution in [-0.4, -0.2) is 59.8 Å². The predicted octanol–water partition coefficient (Wildman–Crippen LogP) is 6.34. The molecule has 0 bridgehead atoms. The molecule has 2 N–H and O–H groups in total. The highest BCUT2D eigenvalue weighted by Gasteiger charge is 2.37. The number of thiophene rings is 1. The maximum absolute atomic E-state index is 13.6. The van der Waals surface area contributed by atoms with Crippen LogP contribution in [0.4, 0.5) is 8.78 Å². The average Bonchev–Trinajstić information content (AvgIpc) is 3.73. The van der Waals surface area contributed by atoms with Crippen LogP contribution in [0.5, 0.6) is 0 Å². The number of aromatic nitrogens is 6. The van der Waals surface area contributed by atoms with Crippen molar-refractivity contribution in [3.8, 4) is 33.2 Å². The second-order valence-electron chi connectivity index (χ2n) is 10.1. The van der Waals surface area contributed by atoms with Gasteiger partial charge in [0.25, 0.3) is 5.92 Å². The van der Waals surface area contributed by atoms with E-state index in [9.17, 15) is 13.6 Å². The first-order valence-corrected chi connectivity index (χ1v) is 13.6. The van der Waals surface area contributed by atoms with Crippen molar-refractivity contribution in [1.82, 2.24) is 35.0 Å². The van der Waals surface area contributed by atoms with Crippen LogP contribution in [0.2, 0.25) is 0 Å². The highest BCUT2D eigenvalue weighted by Crippen LogP contribution is 2.35. The number of likely N-dealkylation sites (tertiary alicyclic amines) is 1. The van der Waals surface area contributed by atoms with Gasteiger partial charge in [0.05, 0.1) is 39.9 Å². The van der Waals surface area contributed by atoms with E-state index < -0.39 is 5.92 Å². The molecule has 40 heavy (non-hydrogen) atoms. The third-order valence-corrected chi connectivity index (χ3v) is 8.37. The van der Waals surface area contributed by atoms with E-state index in [4.69, 9.17) is 4.98 Å². The number of fused-ring (bicyclic) bond motifs is 2. The van der Waals surface area contributed by atoms with Crippen LogP contribution >= 0.6 is 11.3 Å².